The second-order valence-corrected chi connectivity index (χ2v) is 11.5. The molecule has 6 rings (SSSR count). The summed E-state index contributed by atoms with van der Waals surface area (Å²) in [7, 11) is 0. The Bertz CT molecular complexity index is 1820. The summed E-state index contributed by atoms with van der Waals surface area (Å²) < 4.78 is 26.2. The van der Waals surface area contributed by atoms with Crippen LogP contribution in [-0.4, -0.2) is 27.0 Å². The fourth-order valence-corrected chi connectivity index (χ4v) is 6.38. The molecule has 0 fully saturated rings. The van der Waals surface area contributed by atoms with Crippen molar-refractivity contribution in [2.75, 3.05) is 4.90 Å². The lowest BCUT2D eigenvalue weighted by Gasteiger charge is -2.24. The molecule has 1 atom stereocenters. The van der Waals surface area contributed by atoms with Gasteiger partial charge in [0.15, 0.2) is 15.9 Å². The Balaban J connectivity index is 1.36. The number of rotatable bonds is 9. The molecule has 3 aromatic carbocycles. The first-order chi connectivity index (χ1) is 20.4. The zero-order valence-electron chi connectivity index (χ0n) is 22.1. The van der Waals surface area contributed by atoms with Crippen molar-refractivity contribution in [3.63, 3.8) is 0 Å². The number of Topliss-reactive ketones (excluding diaryl/α,β-unsaturated/α-hetero) is 1. The minimum atomic E-state index is -1.05. The molecule has 1 unspecified atom stereocenters. The summed E-state index contributed by atoms with van der Waals surface area (Å²) in [5, 5.41) is 19.6. The predicted molar refractivity (Wildman–Crippen MR) is 156 cm³/mol. The standard InChI is InChI=1S/C31H22FN3O5S2/c1-18-14-15-24(39-18)27(36)25-26(19-9-7-12-22(16-19)40-21-10-3-2-4-11-21)35(29(38)28(25)37)30-33-34-31(42-30)41-17-20-8-5-6-13-23(20)32/h2-16,26,37H,17H2,1H3. The topological polar surface area (TPSA) is 106 Å². The molecule has 0 aliphatic carbocycles. The van der Waals surface area contributed by atoms with Gasteiger partial charge in [0.1, 0.15) is 23.1 Å². The monoisotopic (exact) mass is 599 g/mol. The Morgan fingerprint density at radius 3 is 2.55 bits per heavy atom. The van der Waals surface area contributed by atoms with Crippen molar-refractivity contribution in [3.8, 4) is 11.5 Å². The summed E-state index contributed by atoms with van der Waals surface area (Å²) >= 11 is 2.37. The van der Waals surface area contributed by atoms with E-state index in [0.717, 1.165) is 11.3 Å². The number of thioether (sulfide) groups is 1. The molecule has 0 radical (unpaired) electrons. The van der Waals surface area contributed by atoms with Gasteiger partial charge >= 0.3 is 0 Å². The summed E-state index contributed by atoms with van der Waals surface area (Å²) in [6.07, 6.45) is 0. The van der Waals surface area contributed by atoms with Gasteiger partial charge in [-0.05, 0) is 60.5 Å². The molecule has 210 valence electrons. The minimum Gasteiger partial charge on any atom is -0.503 e. The molecule has 42 heavy (non-hydrogen) atoms. The number of benzene rings is 3. The van der Waals surface area contributed by atoms with Crippen molar-refractivity contribution in [1.82, 2.24) is 10.2 Å². The molecule has 3 heterocycles. The average Bonchev–Trinajstić information content (AvgIpc) is 3.71. The van der Waals surface area contributed by atoms with E-state index in [1.807, 2.05) is 18.2 Å². The molecule has 2 aromatic heterocycles. The molecule has 1 aliphatic rings. The Kier molecular flexibility index (Phi) is 7.60. The van der Waals surface area contributed by atoms with Crippen LogP contribution in [0.1, 0.15) is 33.5 Å². The number of para-hydroxylation sites is 1. The molecular weight excluding hydrogens is 577 g/mol. The van der Waals surface area contributed by atoms with Crippen LogP contribution in [0.4, 0.5) is 9.52 Å². The minimum absolute atomic E-state index is 0.0104. The normalized spacial score (nSPS) is 15.0. The average molecular weight is 600 g/mol. The van der Waals surface area contributed by atoms with Crippen LogP contribution >= 0.6 is 23.1 Å². The number of hydrogen-bond acceptors (Lipinski definition) is 9. The van der Waals surface area contributed by atoms with E-state index in [4.69, 9.17) is 9.15 Å². The lowest BCUT2D eigenvalue weighted by atomic mass is 9.95. The zero-order valence-corrected chi connectivity index (χ0v) is 23.7. The Hall–Kier alpha value is -4.74. The third-order valence-electron chi connectivity index (χ3n) is 6.48. The number of ether oxygens (including phenoxy) is 1. The summed E-state index contributed by atoms with van der Waals surface area (Å²) in [6.45, 7) is 1.70. The molecular formula is C31H22FN3O5S2. The van der Waals surface area contributed by atoms with Crippen molar-refractivity contribution in [2.45, 2.75) is 23.1 Å². The molecule has 0 spiro atoms. The number of carbonyl (C=O) groups excluding carboxylic acids is 2. The summed E-state index contributed by atoms with van der Waals surface area (Å²) in [5.74, 6) is -0.581. The number of aryl methyl sites for hydroxylation is 1. The number of aliphatic hydroxyl groups excluding tert-OH is 1. The zero-order chi connectivity index (χ0) is 29.2. The van der Waals surface area contributed by atoms with E-state index in [2.05, 4.69) is 10.2 Å². The smallest absolute Gasteiger partial charge is 0.296 e. The Morgan fingerprint density at radius 1 is 1.02 bits per heavy atom. The second-order valence-electron chi connectivity index (χ2n) is 9.30. The van der Waals surface area contributed by atoms with Crippen LogP contribution in [0.15, 0.2) is 111 Å². The van der Waals surface area contributed by atoms with Crippen LogP contribution in [0.25, 0.3) is 0 Å². The van der Waals surface area contributed by atoms with Gasteiger partial charge in [-0.1, -0.05) is 71.6 Å². The van der Waals surface area contributed by atoms with Crippen molar-refractivity contribution in [1.29, 1.82) is 0 Å². The van der Waals surface area contributed by atoms with Crippen molar-refractivity contribution < 1.29 is 28.2 Å². The highest BCUT2D eigenvalue weighted by molar-refractivity contribution is 8.00. The molecule has 11 heteroatoms. The van der Waals surface area contributed by atoms with E-state index in [0.29, 0.717) is 38.5 Å². The van der Waals surface area contributed by atoms with Gasteiger partial charge in [-0.3, -0.25) is 14.5 Å². The number of nitrogens with zero attached hydrogens (tertiary/aromatic N) is 3. The molecule has 8 nitrogen and oxygen atoms in total. The van der Waals surface area contributed by atoms with Gasteiger partial charge in [-0.25, -0.2) is 4.39 Å². The van der Waals surface area contributed by atoms with E-state index in [1.165, 1.54) is 28.8 Å². The lowest BCUT2D eigenvalue weighted by molar-refractivity contribution is -0.117. The van der Waals surface area contributed by atoms with Crippen molar-refractivity contribution in [2.24, 2.45) is 0 Å². The maximum atomic E-state index is 14.1. The Morgan fingerprint density at radius 2 is 1.79 bits per heavy atom. The van der Waals surface area contributed by atoms with Crippen LogP contribution in [-0.2, 0) is 10.5 Å². The number of halogens is 1. The van der Waals surface area contributed by atoms with Crippen LogP contribution in [0, 0.1) is 12.7 Å². The van der Waals surface area contributed by atoms with E-state index < -0.39 is 23.5 Å². The van der Waals surface area contributed by atoms with Crippen LogP contribution in [0.3, 0.4) is 0 Å². The van der Waals surface area contributed by atoms with Crippen LogP contribution < -0.4 is 9.64 Å². The lowest BCUT2D eigenvalue weighted by Crippen LogP contribution is -2.31. The van der Waals surface area contributed by atoms with Gasteiger partial charge in [-0.2, -0.15) is 0 Å². The van der Waals surface area contributed by atoms with Gasteiger partial charge in [0.2, 0.25) is 10.9 Å². The van der Waals surface area contributed by atoms with E-state index in [1.54, 1.807) is 67.6 Å². The molecule has 1 N–H and O–H groups in total. The van der Waals surface area contributed by atoms with Crippen molar-refractivity contribution in [3.05, 3.63) is 131 Å². The van der Waals surface area contributed by atoms with Crippen molar-refractivity contribution >= 4 is 39.9 Å². The fourth-order valence-electron chi connectivity index (χ4n) is 4.53. The van der Waals surface area contributed by atoms with Gasteiger partial charge in [0.25, 0.3) is 5.91 Å². The van der Waals surface area contributed by atoms with E-state index in [9.17, 15) is 19.1 Å². The van der Waals surface area contributed by atoms with Gasteiger partial charge in [0.05, 0.1) is 11.6 Å². The highest BCUT2D eigenvalue weighted by Gasteiger charge is 2.47. The van der Waals surface area contributed by atoms with E-state index >= 15 is 0 Å². The number of furan rings is 1. The first-order valence-corrected chi connectivity index (χ1v) is 14.6. The molecule has 5 aromatic rings. The fraction of sp³-hybridized carbons (Fsp3) is 0.0968. The quantitative estimate of drug-likeness (QED) is 0.106. The second kappa shape index (κ2) is 11.6. The highest BCUT2D eigenvalue weighted by atomic mass is 32.2. The van der Waals surface area contributed by atoms with Gasteiger partial charge < -0.3 is 14.3 Å². The molecule has 0 saturated heterocycles. The first-order valence-electron chi connectivity index (χ1n) is 12.8. The summed E-state index contributed by atoms with van der Waals surface area (Å²) in [4.78, 5) is 28.4. The Labute approximate surface area is 248 Å². The molecule has 1 amide bonds. The first kappa shape index (κ1) is 27.4. The SMILES string of the molecule is Cc1ccc(C(=O)C2=C(O)C(=O)N(c3nnc(SCc4ccccc4F)s3)C2c2cccc(Oc3ccccc3)c2)o1. The summed E-state index contributed by atoms with van der Waals surface area (Å²) in [6, 6.07) is 24.6. The number of anilines is 1. The highest BCUT2D eigenvalue weighted by Crippen LogP contribution is 2.44. The van der Waals surface area contributed by atoms with Crippen LogP contribution in [0.5, 0.6) is 11.5 Å². The third-order valence-corrected chi connectivity index (χ3v) is 8.59. The number of aromatic nitrogens is 2. The number of amides is 1. The maximum absolute atomic E-state index is 14.1. The molecule has 0 saturated carbocycles. The largest absolute Gasteiger partial charge is 0.503 e. The number of aliphatic hydroxyl groups is 1. The summed E-state index contributed by atoms with van der Waals surface area (Å²) in [5.41, 5.74) is 0.857. The maximum Gasteiger partial charge on any atom is 0.296 e. The molecule has 0 bridgehead atoms. The number of carbonyl (C=O) groups is 2. The van der Waals surface area contributed by atoms with Crippen LogP contribution in [0.2, 0.25) is 0 Å². The van der Waals surface area contributed by atoms with Gasteiger partial charge in [-0.15, -0.1) is 10.2 Å². The predicted octanol–water partition coefficient (Wildman–Crippen LogP) is 7.45. The third kappa shape index (κ3) is 5.44. The van der Waals surface area contributed by atoms with Gasteiger partial charge in [0, 0.05) is 5.75 Å². The number of hydrogen-bond donors (Lipinski definition) is 1. The van der Waals surface area contributed by atoms with E-state index in [-0.39, 0.29) is 22.3 Å². The molecule has 1 aliphatic heterocycles. The number of ketones is 1.